The van der Waals surface area contributed by atoms with Gasteiger partial charge >= 0.3 is 0 Å². The van der Waals surface area contributed by atoms with Crippen LogP contribution in [0.15, 0.2) is 18.2 Å². The van der Waals surface area contributed by atoms with Crippen molar-refractivity contribution in [3.8, 4) is 0 Å². The Morgan fingerprint density at radius 2 is 2.05 bits per heavy atom. The Balaban J connectivity index is 0.00000176. The summed E-state index contributed by atoms with van der Waals surface area (Å²) in [5.74, 6) is 1.09. The summed E-state index contributed by atoms with van der Waals surface area (Å²) in [7, 11) is 0. The SMILES string of the molecule is Cc1cccc(C2CCCN2C(=O)CNCC2CC2)c1C.Cl. The number of nitrogens with zero attached hydrogens (tertiary/aromatic N) is 1. The van der Waals surface area contributed by atoms with Crippen LogP contribution in [0.4, 0.5) is 0 Å². The minimum absolute atomic E-state index is 0. The third kappa shape index (κ3) is 3.82. The lowest BCUT2D eigenvalue weighted by Gasteiger charge is -2.27. The molecule has 1 aromatic carbocycles. The van der Waals surface area contributed by atoms with Gasteiger partial charge in [0.1, 0.15) is 0 Å². The van der Waals surface area contributed by atoms with E-state index in [9.17, 15) is 4.79 Å². The van der Waals surface area contributed by atoms with E-state index in [1.54, 1.807) is 0 Å². The minimum Gasteiger partial charge on any atom is -0.335 e. The molecule has 1 heterocycles. The van der Waals surface area contributed by atoms with Crippen molar-refractivity contribution >= 4 is 18.3 Å². The first-order chi connectivity index (χ1) is 10.2. The number of benzene rings is 1. The Labute approximate surface area is 139 Å². The molecule has 3 rings (SSSR count). The number of nitrogens with one attached hydrogen (secondary N) is 1. The van der Waals surface area contributed by atoms with E-state index in [1.807, 2.05) is 0 Å². The molecule has 1 atom stereocenters. The minimum atomic E-state index is 0. The Kier molecular flexibility index (Phi) is 5.87. The molecule has 1 N–H and O–H groups in total. The van der Waals surface area contributed by atoms with Crippen molar-refractivity contribution in [2.45, 2.75) is 45.6 Å². The van der Waals surface area contributed by atoms with Crippen LogP contribution in [0.25, 0.3) is 0 Å². The van der Waals surface area contributed by atoms with Gasteiger partial charge in [-0.3, -0.25) is 4.79 Å². The average Bonchev–Trinajstić information content (AvgIpc) is 3.16. The van der Waals surface area contributed by atoms with Gasteiger partial charge in [-0.1, -0.05) is 18.2 Å². The first kappa shape index (κ1) is 17.3. The number of likely N-dealkylation sites (tertiary alicyclic amines) is 1. The zero-order valence-corrected chi connectivity index (χ0v) is 14.4. The van der Waals surface area contributed by atoms with Crippen molar-refractivity contribution in [2.24, 2.45) is 5.92 Å². The molecule has 1 aliphatic carbocycles. The Morgan fingerprint density at radius 1 is 1.27 bits per heavy atom. The highest BCUT2D eigenvalue weighted by Crippen LogP contribution is 2.34. The maximum Gasteiger partial charge on any atom is 0.237 e. The second-order valence-electron chi connectivity index (χ2n) is 6.61. The summed E-state index contributed by atoms with van der Waals surface area (Å²) in [6.45, 7) is 6.74. The van der Waals surface area contributed by atoms with Gasteiger partial charge in [0.15, 0.2) is 0 Å². The van der Waals surface area contributed by atoms with Gasteiger partial charge < -0.3 is 10.2 Å². The topological polar surface area (TPSA) is 32.3 Å². The summed E-state index contributed by atoms with van der Waals surface area (Å²) in [4.78, 5) is 14.6. The predicted molar refractivity (Wildman–Crippen MR) is 92.4 cm³/mol. The average molecular weight is 323 g/mol. The van der Waals surface area contributed by atoms with Gasteiger partial charge in [0, 0.05) is 6.54 Å². The van der Waals surface area contributed by atoms with Gasteiger partial charge in [-0.2, -0.15) is 0 Å². The number of aryl methyl sites for hydroxylation is 1. The fourth-order valence-corrected chi connectivity index (χ4v) is 3.33. The van der Waals surface area contributed by atoms with Gasteiger partial charge in [0.2, 0.25) is 5.91 Å². The summed E-state index contributed by atoms with van der Waals surface area (Å²) >= 11 is 0. The van der Waals surface area contributed by atoms with E-state index in [0.29, 0.717) is 6.54 Å². The fraction of sp³-hybridized carbons (Fsp3) is 0.611. The number of amides is 1. The van der Waals surface area contributed by atoms with E-state index in [4.69, 9.17) is 0 Å². The Morgan fingerprint density at radius 3 is 2.77 bits per heavy atom. The summed E-state index contributed by atoms with van der Waals surface area (Å²) in [5, 5.41) is 3.33. The molecular formula is C18H27ClN2O. The van der Waals surface area contributed by atoms with E-state index in [1.165, 1.54) is 29.5 Å². The molecular weight excluding hydrogens is 296 g/mol. The number of halogens is 1. The van der Waals surface area contributed by atoms with Crippen LogP contribution in [0.5, 0.6) is 0 Å². The largest absolute Gasteiger partial charge is 0.335 e. The van der Waals surface area contributed by atoms with Crippen molar-refractivity contribution in [2.75, 3.05) is 19.6 Å². The molecule has 0 aromatic heterocycles. The fourth-order valence-electron chi connectivity index (χ4n) is 3.33. The van der Waals surface area contributed by atoms with E-state index in [0.717, 1.165) is 31.8 Å². The summed E-state index contributed by atoms with van der Waals surface area (Å²) in [6.07, 6.45) is 4.87. The van der Waals surface area contributed by atoms with Crippen LogP contribution in [0.3, 0.4) is 0 Å². The lowest BCUT2D eigenvalue weighted by atomic mass is 9.96. The van der Waals surface area contributed by atoms with Gasteiger partial charge in [0.25, 0.3) is 0 Å². The molecule has 1 aromatic rings. The Hall–Kier alpha value is -1.06. The molecule has 1 saturated heterocycles. The normalized spacial score (nSPS) is 20.8. The first-order valence-corrected chi connectivity index (χ1v) is 8.23. The van der Waals surface area contributed by atoms with Crippen LogP contribution in [0.2, 0.25) is 0 Å². The third-order valence-electron chi connectivity index (χ3n) is 4.98. The smallest absolute Gasteiger partial charge is 0.237 e. The summed E-state index contributed by atoms with van der Waals surface area (Å²) < 4.78 is 0. The highest BCUT2D eigenvalue weighted by Gasteiger charge is 2.31. The molecule has 3 nitrogen and oxygen atoms in total. The molecule has 1 unspecified atom stereocenters. The maximum absolute atomic E-state index is 12.5. The van der Waals surface area contributed by atoms with Gasteiger partial charge in [-0.05, 0) is 68.7 Å². The molecule has 0 spiro atoms. The van der Waals surface area contributed by atoms with Crippen LogP contribution in [0.1, 0.15) is 48.4 Å². The molecule has 22 heavy (non-hydrogen) atoms. The third-order valence-corrected chi connectivity index (χ3v) is 4.98. The molecule has 0 radical (unpaired) electrons. The molecule has 2 aliphatic rings. The molecule has 4 heteroatoms. The van der Waals surface area contributed by atoms with Crippen molar-refractivity contribution in [1.82, 2.24) is 10.2 Å². The Bertz CT molecular complexity index is 528. The second kappa shape index (κ2) is 7.47. The second-order valence-corrected chi connectivity index (χ2v) is 6.61. The predicted octanol–water partition coefficient (Wildman–Crippen LogP) is 3.39. The van der Waals surface area contributed by atoms with Crippen molar-refractivity contribution in [3.05, 3.63) is 34.9 Å². The summed E-state index contributed by atoms with van der Waals surface area (Å²) in [6, 6.07) is 6.73. The number of hydrogen-bond acceptors (Lipinski definition) is 2. The van der Waals surface area contributed by atoms with E-state index < -0.39 is 0 Å². The van der Waals surface area contributed by atoms with Crippen LogP contribution in [0, 0.1) is 19.8 Å². The lowest BCUT2D eigenvalue weighted by Crippen LogP contribution is -2.38. The van der Waals surface area contributed by atoms with Crippen molar-refractivity contribution in [1.29, 1.82) is 0 Å². The maximum atomic E-state index is 12.5. The van der Waals surface area contributed by atoms with Crippen LogP contribution >= 0.6 is 12.4 Å². The quantitative estimate of drug-likeness (QED) is 0.901. The molecule has 122 valence electrons. The van der Waals surface area contributed by atoms with E-state index >= 15 is 0 Å². The van der Waals surface area contributed by atoms with Gasteiger partial charge in [-0.15, -0.1) is 12.4 Å². The number of rotatable bonds is 5. The highest BCUT2D eigenvalue weighted by molar-refractivity contribution is 5.85. The molecule has 2 fully saturated rings. The molecule has 1 aliphatic heterocycles. The number of carbonyl (C=O) groups excluding carboxylic acids is 1. The van der Waals surface area contributed by atoms with E-state index in [2.05, 4.69) is 42.3 Å². The zero-order chi connectivity index (χ0) is 14.8. The lowest BCUT2D eigenvalue weighted by molar-refractivity contribution is -0.131. The van der Waals surface area contributed by atoms with Crippen LogP contribution < -0.4 is 5.32 Å². The van der Waals surface area contributed by atoms with Crippen molar-refractivity contribution < 1.29 is 4.79 Å². The van der Waals surface area contributed by atoms with Crippen LogP contribution in [-0.4, -0.2) is 30.4 Å². The zero-order valence-electron chi connectivity index (χ0n) is 13.6. The first-order valence-electron chi connectivity index (χ1n) is 8.23. The van der Waals surface area contributed by atoms with Gasteiger partial charge in [0.05, 0.1) is 12.6 Å². The molecule has 1 amide bonds. The molecule has 1 saturated carbocycles. The van der Waals surface area contributed by atoms with Crippen LogP contribution in [-0.2, 0) is 4.79 Å². The molecule has 0 bridgehead atoms. The summed E-state index contributed by atoms with van der Waals surface area (Å²) in [5.41, 5.74) is 4.00. The number of carbonyl (C=O) groups is 1. The van der Waals surface area contributed by atoms with Crippen molar-refractivity contribution in [3.63, 3.8) is 0 Å². The number of hydrogen-bond donors (Lipinski definition) is 1. The monoisotopic (exact) mass is 322 g/mol. The highest BCUT2D eigenvalue weighted by atomic mass is 35.5. The van der Waals surface area contributed by atoms with Gasteiger partial charge in [-0.25, -0.2) is 0 Å². The van der Waals surface area contributed by atoms with E-state index in [-0.39, 0.29) is 24.4 Å². The standard InChI is InChI=1S/C18H26N2O.ClH/c1-13-5-3-6-16(14(13)2)17-7-4-10-20(17)18(21)12-19-11-15-8-9-15;/h3,5-6,15,17,19H,4,7-12H2,1-2H3;1H.